The Kier molecular flexibility index (Phi) is 4.85. The Hall–Kier alpha value is -2.08. The van der Waals surface area contributed by atoms with Gasteiger partial charge in [0.2, 0.25) is 5.91 Å². The molecule has 26 heavy (non-hydrogen) atoms. The van der Waals surface area contributed by atoms with E-state index in [9.17, 15) is 4.79 Å². The molecule has 1 aliphatic heterocycles. The molecule has 2 aliphatic rings. The van der Waals surface area contributed by atoms with E-state index in [0.29, 0.717) is 12.3 Å². The number of aromatic nitrogens is 3. The first-order valence-corrected chi connectivity index (χ1v) is 9.69. The van der Waals surface area contributed by atoms with Gasteiger partial charge in [-0.2, -0.15) is 5.10 Å². The molecular weight excluding hydrogens is 326 g/mol. The molecule has 0 spiro atoms. The number of amides is 1. The van der Waals surface area contributed by atoms with E-state index in [0.717, 1.165) is 44.3 Å². The van der Waals surface area contributed by atoms with Crippen molar-refractivity contribution in [3.63, 3.8) is 0 Å². The predicted octanol–water partition coefficient (Wildman–Crippen LogP) is 2.08. The van der Waals surface area contributed by atoms with Crippen molar-refractivity contribution in [1.82, 2.24) is 24.6 Å². The maximum atomic E-state index is 12.4. The van der Waals surface area contributed by atoms with E-state index in [1.807, 2.05) is 18.7 Å². The molecular formula is C20H29N5O. The van der Waals surface area contributed by atoms with Crippen molar-refractivity contribution in [2.75, 3.05) is 13.1 Å². The minimum Gasteiger partial charge on any atom is -0.356 e. The molecule has 1 fully saturated rings. The van der Waals surface area contributed by atoms with Gasteiger partial charge in [-0.3, -0.25) is 14.4 Å². The van der Waals surface area contributed by atoms with Crippen LogP contribution in [0.1, 0.15) is 36.3 Å². The summed E-state index contributed by atoms with van der Waals surface area (Å²) in [6, 6.07) is 6.45. The maximum absolute atomic E-state index is 12.4. The zero-order valence-electron chi connectivity index (χ0n) is 15.8. The van der Waals surface area contributed by atoms with Crippen LogP contribution >= 0.6 is 0 Å². The Morgan fingerprint density at radius 2 is 2.15 bits per heavy atom. The smallest absolute Gasteiger partial charge is 0.220 e. The highest BCUT2D eigenvalue weighted by Gasteiger charge is 2.26. The zero-order chi connectivity index (χ0) is 18.1. The van der Waals surface area contributed by atoms with Crippen LogP contribution in [-0.4, -0.2) is 38.2 Å². The summed E-state index contributed by atoms with van der Waals surface area (Å²) < 4.78 is 4.28. The lowest BCUT2D eigenvalue weighted by Crippen LogP contribution is -2.33. The molecule has 0 aromatic carbocycles. The van der Waals surface area contributed by atoms with E-state index in [-0.39, 0.29) is 5.91 Å². The van der Waals surface area contributed by atoms with Gasteiger partial charge >= 0.3 is 0 Å². The van der Waals surface area contributed by atoms with Crippen molar-refractivity contribution >= 4 is 5.91 Å². The molecule has 1 atom stereocenters. The van der Waals surface area contributed by atoms with E-state index >= 15 is 0 Å². The lowest BCUT2D eigenvalue weighted by atomic mass is 10.0. The minimum atomic E-state index is 0.203. The van der Waals surface area contributed by atoms with Crippen molar-refractivity contribution in [3.8, 4) is 0 Å². The van der Waals surface area contributed by atoms with E-state index in [1.165, 1.54) is 24.2 Å². The van der Waals surface area contributed by atoms with Crippen LogP contribution < -0.4 is 5.32 Å². The summed E-state index contributed by atoms with van der Waals surface area (Å²) in [6.45, 7) is 6.52. The van der Waals surface area contributed by atoms with Gasteiger partial charge in [0.15, 0.2) is 0 Å². The first-order chi connectivity index (χ1) is 12.6. The fraction of sp³-hybridized carbons (Fsp3) is 0.600. The Balaban J connectivity index is 1.44. The van der Waals surface area contributed by atoms with Crippen LogP contribution in [0.25, 0.3) is 0 Å². The third-order valence-electron chi connectivity index (χ3n) is 5.52. The van der Waals surface area contributed by atoms with E-state index < -0.39 is 0 Å². The monoisotopic (exact) mass is 355 g/mol. The number of nitrogens with one attached hydrogen (secondary N) is 1. The van der Waals surface area contributed by atoms with Gasteiger partial charge in [0.05, 0.1) is 11.4 Å². The number of aryl methyl sites for hydroxylation is 2. The molecule has 2 aromatic heterocycles. The van der Waals surface area contributed by atoms with Crippen molar-refractivity contribution in [2.24, 2.45) is 18.9 Å². The van der Waals surface area contributed by atoms with Crippen molar-refractivity contribution in [3.05, 3.63) is 41.5 Å². The van der Waals surface area contributed by atoms with E-state index in [4.69, 9.17) is 0 Å². The van der Waals surface area contributed by atoms with Crippen LogP contribution in [0.15, 0.2) is 24.4 Å². The second-order valence-electron chi connectivity index (χ2n) is 8.04. The quantitative estimate of drug-likeness (QED) is 0.863. The number of carbonyl (C=O) groups is 1. The van der Waals surface area contributed by atoms with Crippen LogP contribution in [0.5, 0.6) is 0 Å². The largest absolute Gasteiger partial charge is 0.356 e. The Morgan fingerprint density at radius 1 is 1.31 bits per heavy atom. The van der Waals surface area contributed by atoms with E-state index in [2.05, 4.69) is 44.3 Å². The SMILES string of the molecule is Cc1cc(CN2Cc3cccn3C[C@@H](CC(=O)NCC3CC3)C2)n(C)n1. The Morgan fingerprint density at radius 3 is 2.88 bits per heavy atom. The maximum Gasteiger partial charge on any atom is 0.220 e. The summed E-state index contributed by atoms with van der Waals surface area (Å²) in [5, 5.41) is 7.60. The summed E-state index contributed by atoms with van der Waals surface area (Å²) in [5.41, 5.74) is 3.60. The van der Waals surface area contributed by atoms with Crippen molar-refractivity contribution in [2.45, 2.75) is 45.8 Å². The highest BCUT2D eigenvalue weighted by molar-refractivity contribution is 5.76. The second kappa shape index (κ2) is 7.27. The number of rotatable bonds is 6. The molecule has 0 bridgehead atoms. The van der Waals surface area contributed by atoms with Gasteiger partial charge in [-0.1, -0.05) is 0 Å². The molecule has 6 heteroatoms. The van der Waals surface area contributed by atoms with Gasteiger partial charge in [-0.25, -0.2) is 0 Å². The molecule has 6 nitrogen and oxygen atoms in total. The standard InChI is InChI=1S/C20H29N5O/c1-15-8-19(23(2)22-15)14-24-11-17(9-20(26)21-10-16-5-6-16)12-25-7-3-4-18(25)13-24/h3-4,7-8,16-17H,5-6,9-14H2,1-2H3,(H,21,26)/t17-/m0/s1. The lowest BCUT2D eigenvalue weighted by Gasteiger charge is -2.23. The summed E-state index contributed by atoms with van der Waals surface area (Å²) in [4.78, 5) is 14.8. The second-order valence-corrected chi connectivity index (χ2v) is 8.04. The zero-order valence-corrected chi connectivity index (χ0v) is 15.8. The third kappa shape index (κ3) is 4.18. The fourth-order valence-corrected chi connectivity index (χ4v) is 3.97. The Labute approximate surface area is 155 Å². The molecule has 4 rings (SSSR count). The summed E-state index contributed by atoms with van der Waals surface area (Å²) >= 11 is 0. The molecule has 1 N–H and O–H groups in total. The predicted molar refractivity (Wildman–Crippen MR) is 100 cm³/mol. The van der Waals surface area contributed by atoms with Crippen LogP contribution in [-0.2, 0) is 31.5 Å². The number of fused-ring (bicyclic) bond motifs is 1. The molecule has 0 saturated heterocycles. The van der Waals surface area contributed by atoms with Gasteiger partial charge in [0, 0.05) is 58.1 Å². The molecule has 1 aliphatic carbocycles. The van der Waals surface area contributed by atoms with Gasteiger partial charge in [0.25, 0.3) is 0 Å². The fourth-order valence-electron chi connectivity index (χ4n) is 3.97. The molecule has 0 radical (unpaired) electrons. The van der Waals surface area contributed by atoms with Gasteiger partial charge in [-0.05, 0) is 49.8 Å². The van der Waals surface area contributed by atoms with Crippen LogP contribution in [0, 0.1) is 18.8 Å². The highest BCUT2D eigenvalue weighted by Crippen LogP contribution is 2.27. The normalized spacial score (nSPS) is 20.6. The van der Waals surface area contributed by atoms with Gasteiger partial charge < -0.3 is 9.88 Å². The van der Waals surface area contributed by atoms with Crippen LogP contribution in [0.3, 0.4) is 0 Å². The molecule has 1 amide bonds. The molecule has 2 aromatic rings. The number of hydrogen-bond donors (Lipinski definition) is 1. The summed E-state index contributed by atoms with van der Waals surface area (Å²) in [5.74, 6) is 1.26. The van der Waals surface area contributed by atoms with Crippen molar-refractivity contribution < 1.29 is 4.79 Å². The van der Waals surface area contributed by atoms with Gasteiger partial charge in [-0.15, -0.1) is 0 Å². The third-order valence-corrected chi connectivity index (χ3v) is 5.52. The lowest BCUT2D eigenvalue weighted by molar-refractivity contribution is -0.122. The summed E-state index contributed by atoms with van der Waals surface area (Å²) in [7, 11) is 2.01. The molecule has 0 unspecified atom stereocenters. The molecule has 140 valence electrons. The number of hydrogen-bond acceptors (Lipinski definition) is 3. The minimum absolute atomic E-state index is 0.203. The molecule has 3 heterocycles. The van der Waals surface area contributed by atoms with E-state index in [1.54, 1.807) is 0 Å². The Bertz CT molecular complexity index is 773. The summed E-state index contributed by atoms with van der Waals surface area (Å²) in [6.07, 6.45) is 5.29. The molecule has 1 saturated carbocycles. The van der Waals surface area contributed by atoms with Crippen molar-refractivity contribution in [1.29, 1.82) is 0 Å². The first-order valence-electron chi connectivity index (χ1n) is 9.69. The highest BCUT2D eigenvalue weighted by atomic mass is 16.1. The first kappa shape index (κ1) is 17.3. The van der Waals surface area contributed by atoms with Gasteiger partial charge in [0.1, 0.15) is 0 Å². The topological polar surface area (TPSA) is 55.1 Å². The average molecular weight is 355 g/mol. The number of nitrogens with zero attached hydrogens (tertiary/aromatic N) is 4. The van der Waals surface area contributed by atoms with Crippen LogP contribution in [0.2, 0.25) is 0 Å². The van der Waals surface area contributed by atoms with Crippen LogP contribution in [0.4, 0.5) is 0 Å². The average Bonchev–Trinajstić information content (AvgIpc) is 3.27. The number of carbonyl (C=O) groups excluding carboxylic acids is 1.